The lowest BCUT2D eigenvalue weighted by atomic mass is 10.4. The van der Waals surface area contributed by atoms with Crippen molar-refractivity contribution in [2.45, 2.75) is 6.92 Å². The summed E-state index contributed by atoms with van der Waals surface area (Å²) in [7, 11) is 0. The maximum absolute atomic E-state index is 11.5. The Balaban J connectivity index is 2.18. The molecule has 2 aromatic heterocycles. The molecular weight excluding hydrogens is 232 g/mol. The first kappa shape index (κ1) is 10.6. The van der Waals surface area contributed by atoms with E-state index in [4.69, 9.17) is 11.6 Å². The molecule has 0 saturated carbocycles. The number of aromatic nitrogens is 3. The molecule has 0 spiro atoms. The van der Waals surface area contributed by atoms with Gasteiger partial charge >= 0.3 is 0 Å². The lowest BCUT2D eigenvalue weighted by Gasteiger charge is -2.02. The Bertz CT molecular complexity index is 492. The van der Waals surface area contributed by atoms with Crippen LogP contribution in [0.15, 0.2) is 22.9 Å². The van der Waals surface area contributed by atoms with Gasteiger partial charge in [0.1, 0.15) is 11.4 Å². The summed E-state index contributed by atoms with van der Waals surface area (Å²) >= 11 is 5.72. The number of carbonyl (C=O) groups is 1. The normalized spacial score (nSPS) is 10.1. The van der Waals surface area contributed by atoms with Crippen LogP contribution in [-0.2, 0) is 0 Å². The van der Waals surface area contributed by atoms with Gasteiger partial charge in [0.25, 0.3) is 5.91 Å². The van der Waals surface area contributed by atoms with Crippen LogP contribution in [0.3, 0.4) is 0 Å². The average molecular weight is 239 g/mol. The molecular formula is C9H7ClN4O2. The highest BCUT2D eigenvalue weighted by atomic mass is 35.5. The molecule has 6 nitrogen and oxygen atoms in total. The Hall–Kier alpha value is -1.95. The molecule has 0 aliphatic carbocycles. The minimum absolute atomic E-state index is 0.137. The highest BCUT2D eigenvalue weighted by Gasteiger charge is 2.11. The Morgan fingerprint density at radius 3 is 2.94 bits per heavy atom. The van der Waals surface area contributed by atoms with Crippen LogP contribution in [-0.4, -0.2) is 21.0 Å². The van der Waals surface area contributed by atoms with E-state index in [9.17, 15) is 4.79 Å². The van der Waals surface area contributed by atoms with Crippen molar-refractivity contribution in [3.63, 3.8) is 0 Å². The smallest absolute Gasteiger partial charge is 0.280 e. The Morgan fingerprint density at radius 2 is 2.31 bits per heavy atom. The molecule has 0 aliphatic heterocycles. The van der Waals surface area contributed by atoms with Crippen molar-refractivity contribution in [2.75, 3.05) is 5.32 Å². The lowest BCUT2D eigenvalue weighted by molar-refractivity contribution is 0.101. The van der Waals surface area contributed by atoms with Crippen molar-refractivity contribution < 1.29 is 9.32 Å². The number of nitrogens with one attached hydrogen (secondary N) is 1. The summed E-state index contributed by atoms with van der Waals surface area (Å²) in [5.41, 5.74) is 0.816. The van der Waals surface area contributed by atoms with E-state index in [1.165, 1.54) is 12.3 Å². The first-order valence-corrected chi connectivity index (χ1v) is 4.76. The van der Waals surface area contributed by atoms with Crippen LogP contribution < -0.4 is 5.32 Å². The van der Waals surface area contributed by atoms with Gasteiger partial charge < -0.3 is 4.52 Å². The van der Waals surface area contributed by atoms with Crippen molar-refractivity contribution in [3.05, 3.63) is 34.9 Å². The standard InChI is InChI=1S/C9H7ClN4O2/c1-5-4-7(10)12-9(11-5)13-8(15)6-2-3-16-14-6/h2-4H,1H3,(H,11,12,13,15). The van der Waals surface area contributed by atoms with E-state index in [-0.39, 0.29) is 16.8 Å². The fourth-order valence-electron chi connectivity index (χ4n) is 1.08. The second-order valence-corrected chi connectivity index (χ2v) is 3.38. The summed E-state index contributed by atoms with van der Waals surface area (Å²) < 4.78 is 4.54. The number of nitrogens with zero attached hydrogens (tertiary/aromatic N) is 3. The van der Waals surface area contributed by atoms with Crippen LogP contribution in [0.2, 0.25) is 5.15 Å². The number of anilines is 1. The fourth-order valence-corrected chi connectivity index (χ4v) is 1.32. The van der Waals surface area contributed by atoms with Gasteiger partial charge in [-0.05, 0) is 13.0 Å². The molecule has 0 bridgehead atoms. The average Bonchev–Trinajstić information content (AvgIpc) is 2.68. The van der Waals surface area contributed by atoms with Crippen molar-refractivity contribution in [1.29, 1.82) is 0 Å². The predicted molar refractivity (Wildman–Crippen MR) is 56.2 cm³/mol. The first-order valence-electron chi connectivity index (χ1n) is 4.38. The van der Waals surface area contributed by atoms with Gasteiger partial charge in [0.15, 0.2) is 5.69 Å². The van der Waals surface area contributed by atoms with E-state index in [1.807, 2.05) is 0 Å². The zero-order chi connectivity index (χ0) is 11.5. The van der Waals surface area contributed by atoms with E-state index in [0.29, 0.717) is 5.69 Å². The highest BCUT2D eigenvalue weighted by molar-refractivity contribution is 6.29. The SMILES string of the molecule is Cc1cc(Cl)nc(NC(=O)c2ccon2)n1. The van der Waals surface area contributed by atoms with Gasteiger partial charge in [-0.2, -0.15) is 0 Å². The van der Waals surface area contributed by atoms with Crippen LogP contribution in [0, 0.1) is 6.92 Å². The minimum atomic E-state index is -0.449. The topological polar surface area (TPSA) is 80.9 Å². The van der Waals surface area contributed by atoms with Gasteiger partial charge in [-0.3, -0.25) is 10.1 Å². The molecule has 0 saturated heterocycles. The molecule has 2 heterocycles. The number of hydrogen-bond donors (Lipinski definition) is 1. The molecule has 0 atom stereocenters. The maximum Gasteiger partial charge on any atom is 0.280 e. The number of rotatable bonds is 2. The quantitative estimate of drug-likeness (QED) is 0.805. The molecule has 1 N–H and O–H groups in total. The van der Waals surface area contributed by atoms with E-state index in [2.05, 4.69) is 25.0 Å². The van der Waals surface area contributed by atoms with Crippen molar-refractivity contribution in [1.82, 2.24) is 15.1 Å². The number of aryl methyl sites for hydroxylation is 1. The lowest BCUT2D eigenvalue weighted by Crippen LogP contribution is -2.14. The molecule has 0 aliphatic rings. The fraction of sp³-hybridized carbons (Fsp3) is 0.111. The largest absolute Gasteiger partial charge is 0.364 e. The maximum atomic E-state index is 11.5. The Morgan fingerprint density at radius 1 is 1.50 bits per heavy atom. The third-order valence-electron chi connectivity index (χ3n) is 1.72. The number of carbonyl (C=O) groups excluding carboxylic acids is 1. The second-order valence-electron chi connectivity index (χ2n) is 2.99. The van der Waals surface area contributed by atoms with Gasteiger partial charge in [-0.25, -0.2) is 9.97 Å². The van der Waals surface area contributed by atoms with Gasteiger partial charge in [0.05, 0.1) is 0 Å². The summed E-state index contributed by atoms with van der Waals surface area (Å²) in [5, 5.41) is 6.21. The van der Waals surface area contributed by atoms with Crippen LogP contribution in [0.5, 0.6) is 0 Å². The van der Waals surface area contributed by atoms with E-state index < -0.39 is 5.91 Å². The zero-order valence-electron chi connectivity index (χ0n) is 8.27. The molecule has 82 valence electrons. The van der Waals surface area contributed by atoms with E-state index in [1.54, 1.807) is 13.0 Å². The van der Waals surface area contributed by atoms with Crippen LogP contribution in [0.1, 0.15) is 16.2 Å². The summed E-state index contributed by atoms with van der Waals surface area (Å²) in [6.45, 7) is 1.75. The Labute approximate surface area is 95.6 Å². The van der Waals surface area contributed by atoms with Crippen molar-refractivity contribution in [3.8, 4) is 0 Å². The highest BCUT2D eigenvalue weighted by Crippen LogP contribution is 2.10. The number of halogens is 1. The summed E-state index contributed by atoms with van der Waals surface area (Å²) in [6.07, 6.45) is 1.30. The number of amides is 1. The molecule has 2 aromatic rings. The van der Waals surface area contributed by atoms with Crippen molar-refractivity contribution in [2.24, 2.45) is 0 Å². The predicted octanol–water partition coefficient (Wildman–Crippen LogP) is 1.68. The molecule has 0 unspecified atom stereocenters. The van der Waals surface area contributed by atoms with E-state index >= 15 is 0 Å². The zero-order valence-corrected chi connectivity index (χ0v) is 9.02. The van der Waals surface area contributed by atoms with Gasteiger partial charge in [0, 0.05) is 11.8 Å². The molecule has 0 fully saturated rings. The molecule has 16 heavy (non-hydrogen) atoms. The van der Waals surface area contributed by atoms with Crippen LogP contribution in [0.4, 0.5) is 5.95 Å². The molecule has 0 radical (unpaired) electrons. The molecule has 0 aromatic carbocycles. The van der Waals surface area contributed by atoms with Crippen molar-refractivity contribution >= 4 is 23.5 Å². The summed E-state index contributed by atoms with van der Waals surface area (Å²) in [4.78, 5) is 19.4. The third kappa shape index (κ3) is 2.34. The monoisotopic (exact) mass is 238 g/mol. The Kier molecular flexibility index (Phi) is 2.82. The summed E-state index contributed by atoms with van der Waals surface area (Å²) in [5.74, 6) is -0.312. The molecule has 7 heteroatoms. The van der Waals surface area contributed by atoms with E-state index in [0.717, 1.165) is 0 Å². The molecule has 1 amide bonds. The van der Waals surface area contributed by atoms with Gasteiger partial charge in [-0.1, -0.05) is 16.8 Å². The van der Waals surface area contributed by atoms with Crippen LogP contribution >= 0.6 is 11.6 Å². The number of hydrogen-bond acceptors (Lipinski definition) is 5. The first-order chi connectivity index (χ1) is 7.65. The van der Waals surface area contributed by atoms with Crippen LogP contribution in [0.25, 0.3) is 0 Å². The third-order valence-corrected chi connectivity index (χ3v) is 1.91. The second kappa shape index (κ2) is 4.28. The van der Waals surface area contributed by atoms with Gasteiger partial charge in [-0.15, -0.1) is 0 Å². The molecule has 2 rings (SSSR count). The summed E-state index contributed by atoms with van der Waals surface area (Å²) in [6, 6.07) is 3.03. The minimum Gasteiger partial charge on any atom is -0.364 e. The van der Waals surface area contributed by atoms with Gasteiger partial charge in [0.2, 0.25) is 5.95 Å².